The van der Waals surface area contributed by atoms with Crippen LogP contribution in [0, 0.1) is 0 Å². The van der Waals surface area contributed by atoms with Gasteiger partial charge in [0.15, 0.2) is 6.29 Å². The van der Waals surface area contributed by atoms with Gasteiger partial charge in [-0.25, -0.2) is 0 Å². The summed E-state index contributed by atoms with van der Waals surface area (Å²) in [7, 11) is 1.90. The monoisotopic (exact) mass is 147 g/mol. The molecule has 0 amide bonds. The molecular weight excluding hydrogens is 130 g/mol. The van der Waals surface area contributed by atoms with E-state index in [1.54, 1.807) is 0 Å². The fraction of sp³-hybridized carbons (Fsp3) is 1.00. The van der Waals surface area contributed by atoms with Crippen LogP contribution in [0.15, 0.2) is 0 Å². The van der Waals surface area contributed by atoms with Crippen molar-refractivity contribution in [1.29, 1.82) is 0 Å². The SMILES string of the molecule is CCOC(O)CCCNC. The molecule has 1 unspecified atom stereocenters. The third-order valence-electron chi connectivity index (χ3n) is 1.24. The van der Waals surface area contributed by atoms with E-state index in [0.717, 1.165) is 13.0 Å². The molecule has 10 heavy (non-hydrogen) atoms. The maximum absolute atomic E-state index is 9.03. The van der Waals surface area contributed by atoms with Crippen LogP contribution in [0.5, 0.6) is 0 Å². The Morgan fingerprint density at radius 1 is 1.60 bits per heavy atom. The number of ether oxygens (including phenoxy) is 1. The first-order valence-corrected chi connectivity index (χ1v) is 3.75. The molecule has 0 saturated carbocycles. The van der Waals surface area contributed by atoms with Gasteiger partial charge in [0.25, 0.3) is 0 Å². The van der Waals surface area contributed by atoms with Crippen molar-refractivity contribution in [3.05, 3.63) is 0 Å². The standard InChI is InChI=1S/C7H17NO2/c1-3-10-7(9)5-4-6-8-2/h7-9H,3-6H2,1-2H3. The van der Waals surface area contributed by atoms with Crippen LogP contribution < -0.4 is 5.32 Å². The molecule has 3 nitrogen and oxygen atoms in total. The highest BCUT2D eigenvalue weighted by atomic mass is 16.6. The zero-order chi connectivity index (χ0) is 7.82. The Hall–Kier alpha value is -0.120. The number of aliphatic hydroxyl groups is 1. The van der Waals surface area contributed by atoms with Crippen molar-refractivity contribution in [3.8, 4) is 0 Å². The number of nitrogens with one attached hydrogen (secondary N) is 1. The van der Waals surface area contributed by atoms with Gasteiger partial charge in [-0.05, 0) is 33.4 Å². The van der Waals surface area contributed by atoms with Crippen LogP contribution in [0.3, 0.4) is 0 Å². The summed E-state index contributed by atoms with van der Waals surface area (Å²) >= 11 is 0. The third kappa shape index (κ3) is 6.01. The second kappa shape index (κ2) is 6.99. The van der Waals surface area contributed by atoms with Gasteiger partial charge in [-0.3, -0.25) is 0 Å². The summed E-state index contributed by atoms with van der Waals surface area (Å²) in [4.78, 5) is 0. The Bertz CT molecular complexity index is 68.6. The van der Waals surface area contributed by atoms with Crippen LogP contribution in [0.25, 0.3) is 0 Å². The number of aliphatic hydroxyl groups excluding tert-OH is 1. The minimum Gasteiger partial charge on any atom is -0.368 e. The Morgan fingerprint density at radius 3 is 2.80 bits per heavy atom. The van der Waals surface area contributed by atoms with Crippen molar-refractivity contribution in [2.24, 2.45) is 0 Å². The lowest BCUT2D eigenvalue weighted by atomic mass is 10.3. The molecule has 2 N–H and O–H groups in total. The summed E-state index contributed by atoms with van der Waals surface area (Å²) in [5, 5.41) is 12.0. The largest absolute Gasteiger partial charge is 0.368 e. The molecular formula is C7H17NO2. The Kier molecular flexibility index (Phi) is 6.91. The quantitative estimate of drug-likeness (QED) is 0.420. The smallest absolute Gasteiger partial charge is 0.154 e. The maximum atomic E-state index is 9.03. The van der Waals surface area contributed by atoms with Gasteiger partial charge in [0.1, 0.15) is 0 Å². The molecule has 0 aromatic carbocycles. The minimum absolute atomic E-state index is 0.571. The average molecular weight is 147 g/mol. The molecule has 0 aromatic heterocycles. The minimum atomic E-state index is -0.571. The second-order valence-corrected chi connectivity index (χ2v) is 2.16. The van der Waals surface area contributed by atoms with Crippen LogP contribution in [0.4, 0.5) is 0 Å². The molecule has 0 spiro atoms. The van der Waals surface area contributed by atoms with Crippen molar-refractivity contribution in [2.45, 2.75) is 26.1 Å². The third-order valence-corrected chi connectivity index (χ3v) is 1.24. The summed E-state index contributed by atoms with van der Waals surface area (Å²) in [5.74, 6) is 0. The predicted octanol–water partition coefficient (Wildman–Crippen LogP) is 0.341. The molecule has 0 saturated heterocycles. The number of rotatable bonds is 6. The van der Waals surface area contributed by atoms with Crippen LogP contribution in [-0.4, -0.2) is 31.6 Å². The molecule has 0 fully saturated rings. The lowest BCUT2D eigenvalue weighted by Crippen LogP contribution is -2.15. The predicted molar refractivity (Wildman–Crippen MR) is 40.8 cm³/mol. The van der Waals surface area contributed by atoms with Gasteiger partial charge in [-0.2, -0.15) is 0 Å². The fourth-order valence-corrected chi connectivity index (χ4v) is 0.729. The van der Waals surface area contributed by atoms with E-state index in [0.29, 0.717) is 13.0 Å². The van der Waals surface area contributed by atoms with E-state index >= 15 is 0 Å². The summed E-state index contributed by atoms with van der Waals surface area (Å²) in [6.45, 7) is 3.39. The lowest BCUT2D eigenvalue weighted by Gasteiger charge is -2.08. The van der Waals surface area contributed by atoms with Crippen molar-refractivity contribution in [2.75, 3.05) is 20.2 Å². The zero-order valence-corrected chi connectivity index (χ0v) is 6.76. The highest BCUT2D eigenvalue weighted by Crippen LogP contribution is 1.96. The summed E-state index contributed by atoms with van der Waals surface area (Å²) in [6, 6.07) is 0. The maximum Gasteiger partial charge on any atom is 0.154 e. The van der Waals surface area contributed by atoms with E-state index in [4.69, 9.17) is 9.84 Å². The number of hydrogen-bond donors (Lipinski definition) is 2. The van der Waals surface area contributed by atoms with E-state index in [-0.39, 0.29) is 0 Å². The van der Waals surface area contributed by atoms with E-state index in [1.807, 2.05) is 14.0 Å². The molecule has 3 heteroatoms. The molecule has 1 atom stereocenters. The zero-order valence-electron chi connectivity index (χ0n) is 6.76. The lowest BCUT2D eigenvalue weighted by molar-refractivity contribution is -0.0989. The van der Waals surface area contributed by atoms with Gasteiger partial charge in [0, 0.05) is 6.61 Å². The molecule has 0 rings (SSSR count). The van der Waals surface area contributed by atoms with Gasteiger partial charge < -0.3 is 15.2 Å². The highest BCUT2D eigenvalue weighted by molar-refractivity contribution is 4.45. The highest BCUT2D eigenvalue weighted by Gasteiger charge is 1.99. The summed E-state index contributed by atoms with van der Waals surface area (Å²) < 4.78 is 4.92. The molecule has 0 aliphatic rings. The van der Waals surface area contributed by atoms with Gasteiger partial charge in [0.2, 0.25) is 0 Å². The molecule has 0 aromatic rings. The average Bonchev–Trinajstić information content (AvgIpc) is 1.89. The van der Waals surface area contributed by atoms with Crippen molar-refractivity contribution in [3.63, 3.8) is 0 Å². The first-order chi connectivity index (χ1) is 4.81. The summed E-state index contributed by atoms with van der Waals surface area (Å²) in [6.07, 6.45) is 1.10. The molecule has 62 valence electrons. The molecule has 0 bridgehead atoms. The fourth-order valence-electron chi connectivity index (χ4n) is 0.729. The van der Waals surface area contributed by atoms with Crippen LogP contribution in [0.2, 0.25) is 0 Å². The van der Waals surface area contributed by atoms with Crippen LogP contribution in [0.1, 0.15) is 19.8 Å². The second-order valence-electron chi connectivity index (χ2n) is 2.16. The topological polar surface area (TPSA) is 41.5 Å². The molecule has 0 radical (unpaired) electrons. The molecule has 0 aliphatic heterocycles. The Labute approximate surface area is 62.4 Å². The molecule has 0 heterocycles. The van der Waals surface area contributed by atoms with Crippen molar-refractivity contribution < 1.29 is 9.84 Å². The van der Waals surface area contributed by atoms with E-state index in [1.165, 1.54) is 0 Å². The van der Waals surface area contributed by atoms with E-state index in [9.17, 15) is 0 Å². The van der Waals surface area contributed by atoms with Gasteiger partial charge in [-0.15, -0.1) is 0 Å². The van der Waals surface area contributed by atoms with Crippen molar-refractivity contribution >= 4 is 0 Å². The number of hydrogen-bond acceptors (Lipinski definition) is 3. The van der Waals surface area contributed by atoms with Crippen LogP contribution in [-0.2, 0) is 4.74 Å². The van der Waals surface area contributed by atoms with Crippen molar-refractivity contribution in [1.82, 2.24) is 5.32 Å². The first kappa shape index (κ1) is 9.88. The molecule has 0 aliphatic carbocycles. The Morgan fingerprint density at radius 2 is 2.30 bits per heavy atom. The van der Waals surface area contributed by atoms with Gasteiger partial charge in [0.05, 0.1) is 0 Å². The van der Waals surface area contributed by atoms with E-state index < -0.39 is 6.29 Å². The van der Waals surface area contributed by atoms with E-state index in [2.05, 4.69) is 5.32 Å². The normalized spacial score (nSPS) is 13.5. The van der Waals surface area contributed by atoms with Gasteiger partial charge >= 0.3 is 0 Å². The van der Waals surface area contributed by atoms with Crippen LogP contribution >= 0.6 is 0 Å². The summed E-state index contributed by atoms with van der Waals surface area (Å²) in [5.41, 5.74) is 0. The first-order valence-electron chi connectivity index (χ1n) is 3.75. The van der Waals surface area contributed by atoms with Gasteiger partial charge in [-0.1, -0.05) is 0 Å². The Balaban J connectivity index is 2.97.